The summed E-state index contributed by atoms with van der Waals surface area (Å²) >= 11 is 1.52. The molecule has 0 aliphatic carbocycles. The molecule has 0 bridgehead atoms. The maximum atomic E-state index is 13.4. The van der Waals surface area contributed by atoms with Crippen LogP contribution in [0.25, 0.3) is 32.0 Å². The molecule has 7 heteroatoms. The zero-order valence-electron chi connectivity index (χ0n) is 18.7. The van der Waals surface area contributed by atoms with Crippen molar-refractivity contribution in [2.45, 2.75) is 33.1 Å². The number of hydrogen-bond acceptors (Lipinski definition) is 6. The van der Waals surface area contributed by atoms with Crippen molar-refractivity contribution in [1.82, 2.24) is 25.1 Å². The molecule has 0 radical (unpaired) electrons. The highest BCUT2D eigenvalue weighted by molar-refractivity contribution is 7.18. The van der Waals surface area contributed by atoms with Gasteiger partial charge in [-0.3, -0.25) is 14.9 Å². The van der Waals surface area contributed by atoms with Gasteiger partial charge in [-0.05, 0) is 70.4 Å². The molecule has 0 saturated carbocycles. The van der Waals surface area contributed by atoms with E-state index in [2.05, 4.69) is 53.1 Å². The van der Waals surface area contributed by atoms with Crippen LogP contribution in [0.5, 0.6) is 0 Å². The molecule has 1 aromatic carbocycles. The number of carbonyl (C=O) groups is 1. The first-order valence-electron chi connectivity index (χ1n) is 11.1. The second-order valence-electron chi connectivity index (χ2n) is 8.89. The topological polar surface area (TPSA) is 74.8 Å². The van der Waals surface area contributed by atoms with Gasteiger partial charge >= 0.3 is 0 Å². The van der Waals surface area contributed by atoms with Gasteiger partial charge in [-0.2, -0.15) is 5.10 Å². The fourth-order valence-corrected chi connectivity index (χ4v) is 5.64. The van der Waals surface area contributed by atoms with Gasteiger partial charge in [0.2, 0.25) is 0 Å². The van der Waals surface area contributed by atoms with Crippen molar-refractivity contribution in [2.75, 3.05) is 20.1 Å². The van der Waals surface area contributed by atoms with Crippen molar-refractivity contribution in [3.63, 3.8) is 0 Å². The van der Waals surface area contributed by atoms with Crippen molar-refractivity contribution in [2.24, 2.45) is 5.92 Å². The van der Waals surface area contributed by atoms with E-state index < -0.39 is 0 Å². The first-order chi connectivity index (χ1) is 15.5. The Morgan fingerprint density at radius 1 is 1.25 bits per heavy atom. The summed E-state index contributed by atoms with van der Waals surface area (Å²) in [6.45, 7) is 6.26. The smallest absolute Gasteiger partial charge is 0.182 e. The number of benzene rings is 1. The SMILES string of the molecule is Cc1cc(C)c2[nH]nc(-c3nc(C(=O)CC4CCN(C)CC4)c(-c4cccnc4)s3)c2c1. The number of ketones is 1. The third-order valence-corrected chi connectivity index (χ3v) is 7.46. The number of likely N-dealkylation sites (tertiary alicyclic amines) is 1. The average molecular weight is 446 g/mol. The van der Waals surface area contributed by atoms with Crippen molar-refractivity contribution >= 4 is 28.0 Å². The Morgan fingerprint density at radius 2 is 2.06 bits per heavy atom. The summed E-state index contributed by atoms with van der Waals surface area (Å²) in [7, 11) is 2.14. The van der Waals surface area contributed by atoms with Crippen molar-refractivity contribution in [3.05, 3.63) is 53.5 Å². The minimum atomic E-state index is 0.119. The van der Waals surface area contributed by atoms with E-state index in [1.807, 2.05) is 12.1 Å². The van der Waals surface area contributed by atoms with E-state index in [-0.39, 0.29) is 5.78 Å². The minimum absolute atomic E-state index is 0.119. The number of thiazole rings is 1. The summed E-state index contributed by atoms with van der Waals surface area (Å²) in [5.74, 6) is 0.537. The van der Waals surface area contributed by atoms with Crippen molar-refractivity contribution in [1.29, 1.82) is 0 Å². The molecule has 0 spiro atoms. The Labute approximate surface area is 191 Å². The molecule has 6 nitrogen and oxygen atoms in total. The number of nitrogens with zero attached hydrogens (tertiary/aromatic N) is 4. The molecule has 1 N–H and O–H groups in total. The molecule has 1 aliphatic rings. The van der Waals surface area contributed by atoms with E-state index in [0.29, 0.717) is 18.0 Å². The van der Waals surface area contributed by atoms with Crippen LogP contribution in [0.1, 0.15) is 40.9 Å². The van der Waals surface area contributed by atoms with Gasteiger partial charge in [0.25, 0.3) is 0 Å². The monoisotopic (exact) mass is 445 g/mol. The molecular formula is C25H27N5OS. The lowest BCUT2D eigenvalue weighted by Crippen LogP contribution is -2.31. The van der Waals surface area contributed by atoms with Crippen LogP contribution in [0.15, 0.2) is 36.7 Å². The van der Waals surface area contributed by atoms with Gasteiger partial charge in [0.05, 0.1) is 10.4 Å². The number of pyridine rings is 1. The number of hydrogen-bond donors (Lipinski definition) is 1. The van der Waals surface area contributed by atoms with Crippen molar-refractivity contribution < 1.29 is 4.79 Å². The number of aromatic nitrogens is 4. The summed E-state index contributed by atoms with van der Waals surface area (Å²) < 4.78 is 0. The van der Waals surface area contributed by atoms with Crippen LogP contribution in [0, 0.1) is 19.8 Å². The van der Waals surface area contributed by atoms with Gasteiger partial charge in [0.15, 0.2) is 5.78 Å². The first kappa shape index (κ1) is 21.0. The maximum absolute atomic E-state index is 13.4. The molecule has 4 heterocycles. The van der Waals surface area contributed by atoms with E-state index in [9.17, 15) is 4.79 Å². The quantitative estimate of drug-likeness (QED) is 0.423. The number of Topliss-reactive ketones (excluding diaryl/α,β-unsaturated/α-hetero) is 1. The first-order valence-corrected chi connectivity index (χ1v) is 11.9. The minimum Gasteiger partial charge on any atom is -0.306 e. The van der Waals surface area contributed by atoms with Crippen LogP contribution in [-0.4, -0.2) is 51.0 Å². The molecular weight excluding hydrogens is 418 g/mol. The molecule has 164 valence electrons. The highest BCUT2D eigenvalue weighted by Crippen LogP contribution is 2.38. The fourth-order valence-electron chi connectivity index (χ4n) is 4.57. The van der Waals surface area contributed by atoms with Crippen LogP contribution in [-0.2, 0) is 0 Å². The summed E-state index contributed by atoms with van der Waals surface area (Å²) in [5.41, 5.74) is 5.64. The van der Waals surface area contributed by atoms with Gasteiger partial charge in [0.1, 0.15) is 16.4 Å². The lowest BCUT2D eigenvalue weighted by atomic mass is 9.91. The van der Waals surface area contributed by atoms with Gasteiger partial charge in [0, 0.05) is 29.8 Å². The largest absolute Gasteiger partial charge is 0.306 e. The summed E-state index contributed by atoms with van der Waals surface area (Å²) in [4.78, 5) is 25.8. The number of piperidine rings is 1. The Bertz CT molecular complexity index is 1270. The van der Waals surface area contributed by atoms with E-state index in [0.717, 1.165) is 63.5 Å². The average Bonchev–Trinajstić information content (AvgIpc) is 3.40. The number of aromatic amines is 1. The second kappa shape index (κ2) is 8.56. The van der Waals surface area contributed by atoms with E-state index in [4.69, 9.17) is 4.98 Å². The third-order valence-electron chi connectivity index (χ3n) is 6.34. The molecule has 1 fully saturated rings. The van der Waals surface area contributed by atoms with Crippen LogP contribution < -0.4 is 0 Å². The predicted molar refractivity (Wildman–Crippen MR) is 129 cm³/mol. The normalized spacial score (nSPS) is 15.5. The maximum Gasteiger partial charge on any atom is 0.182 e. The Morgan fingerprint density at radius 3 is 2.81 bits per heavy atom. The van der Waals surface area contributed by atoms with E-state index in [1.165, 1.54) is 16.9 Å². The highest BCUT2D eigenvalue weighted by atomic mass is 32.1. The summed E-state index contributed by atoms with van der Waals surface area (Å²) in [6.07, 6.45) is 6.22. The van der Waals surface area contributed by atoms with Gasteiger partial charge in [-0.25, -0.2) is 4.98 Å². The Kier molecular flexibility index (Phi) is 5.61. The van der Waals surface area contributed by atoms with Crippen LogP contribution in [0.2, 0.25) is 0 Å². The number of fused-ring (bicyclic) bond motifs is 1. The van der Waals surface area contributed by atoms with E-state index in [1.54, 1.807) is 12.4 Å². The fraction of sp³-hybridized carbons (Fsp3) is 0.360. The van der Waals surface area contributed by atoms with Gasteiger partial charge < -0.3 is 4.90 Å². The molecule has 0 atom stereocenters. The lowest BCUT2D eigenvalue weighted by molar-refractivity contribution is 0.0932. The molecule has 1 aliphatic heterocycles. The van der Waals surface area contributed by atoms with Crippen molar-refractivity contribution in [3.8, 4) is 21.1 Å². The highest BCUT2D eigenvalue weighted by Gasteiger charge is 2.26. The zero-order chi connectivity index (χ0) is 22.2. The van der Waals surface area contributed by atoms with Crippen LogP contribution >= 0.6 is 11.3 Å². The second-order valence-corrected chi connectivity index (χ2v) is 9.89. The molecule has 3 aromatic heterocycles. The predicted octanol–water partition coefficient (Wildman–Crippen LogP) is 5.28. The van der Waals surface area contributed by atoms with Crippen LogP contribution in [0.3, 0.4) is 0 Å². The van der Waals surface area contributed by atoms with Gasteiger partial charge in [-0.1, -0.05) is 17.7 Å². The number of carbonyl (C=O) groups excluding carboxylic acids is 1. The zero-order valence-corrected chi connectivity index (χ0v) is 19.5. The van der Waals surface area contributed by atoms with Crippen LogP contribution in [0.4, 0.5) is 0 Å². The molecule has 5 rings (SSSR count). The molecule has 0 unspecified atom stereocenters. The lowest BCUT2D eigenvalue weighted by Gasteiger charge is -2.28. The number of rotatable bonds is 5. The molecule has 4 aromatic rings. The number of nitrogens with one attached hydrogen (secondary N) is 1. The summed E-state index contributed by atoms with van der Waals surface area (Å²) in [5, 5.41) is 9.57. The molecule has 0 amide bonds. The molecule has 1 saturated heterocycles. The van der Waals surface area contributed by atoms with E-state index >= 15 is 0 Å². The number of H-pyrrole nitrogens is 1. The number of aryl methyl sites for hydroxylation is 2. The molecule has 32 heavy (non-hydrogen) atoms. The summed E-state index contributed by atoms with van der Waals surface area (Å²) in [6, 6.07) is 8.17. The third kappa shape index (κ3) is 3.98. The Balaban J connectivity index is 1.56. The van der Waals surface area contributed by atoms with Gasteiger partial charge in [-0.15, -0.1) is 11.3 Å². The Hall–Kier alpha value is -2.90. The standard InChI is InChI=1S/C25H27N5OS/c1-15-11-16(2)21-19(12-15)22(29-28-21)25-27-23(24(32-25)18-5-4-8-26-14-18)20(31)13-17-6-9-30(3)10-7-17/h4-5,8,11-12,14,17H,6-7,9-10,13H2,1-3H3,(H,28,29).